The minimum Gasteiger partial charge on any atom is -0.304 e. The number of hydrogen-bond acceptors (Lipinski definition) is 2. The highest BCUT2D eigenvalue weighted by Crippen LogP contribution is 2.65. The van der Waals surface area contributed by atoms with E-state index in [4.69, 9.17) is 0 Å². The first-order valence-corrected chi connectivity index (χ1v) is 12.4. The number of likely N-dealkylation sites (tertiary alicyclic amines) is 1. The van der Waals surface area contributed by atoms with Gasteiger partial charge in [0, 0.05) is 24.5 Å². The average Bonchev–Trinajstić information content (AvgIpc) is 3.11. The first kappa shape index (κ1) is 19.5. The van der Waals surface area contributed by atoms with Gasteiger partial charge in [-0.3, -0.25) is 9.46 Å². The molecular formula is C23H32N3OP. The molecule has 1 atom stereocenters. The van der Waals surface area contributed by atoms with Crippen LogP contribution in [0.4, 0.5) is 11.4 Å². The summed E-state index contributed by atoms with van der Waals surface area (Å²) in [5, 5.41) is 0. The second-order valence-corrected chi connectivity index (χ2v) is 10.6. The molecule has 1 unspecified atom stereocenters. The van der Waals surface area contributed by atoms with Crippen LogP contribution in [0.3, 0.4) is 0 Å². The predicted molar refractivity (Wildman–Crippen MR) is 119 cm³/mol. The summed E-state index contributed by atoms with van der Waals surface area (Å²) in [4.78, 5) is 2.53. The maximum atomic E-state index is 15.1. The highest BCUT2D eigenvalue weighted by atomic mass is 31.2. The summed E-state index contributed by atoms with van der Waals surface area (Å²) >= 11 is 0. The van der Waals surface area contributed by atoms with Gasteiger partial charge in [0.05, 0.1) is 0 Å². The number of piperidine rings is 1. The third-order valence-electron chi connectivity index (χ3n) is 6.07. The van der Waals surface area contributed by atoms with Gasteiger partial charge in [-0.2, -0.15) is 0 Å². The van der Waals surface area contributed by atoms with E-state index in [2.05, 4.69) is 69.7 Å². The fraction of sp³-hybridized carbons (Fsp3) is 0.478. The van der Waals surface area contributed by atoms with Gasteiger partial charge < -0.3 is 9.34 Å². The van der Waals surface area contributed by atoms with Crippen molar-refractivity contribution in [3.05, 3.63) is 60.7 Å². The molecule has 4 nitrogen and oxygen atoms in total. The zero-order chi connectivity index (χ0) is 19.4. The van der Waals surface area contributed by atoms with Crippen LogP contribution in [0.5, 0.6) is 0 Å². The molecule has 2 aromatic rings. The van der Waals surface area contributed by atoms with E-state index in [1.165, 1.54) is 19.3 Å². The van der Waals surface area contributed by atoms with Crippen molar-refractivity contribution in [2.24, 2.45) is 0 Å². The van der Waals surface area contributed by atoms with Gasteiger partial charge in [0.2, 0.25) is 0 Å². The predicted octanol–water partition coefficient (Wildman–Crippen LogP) is 5.82. The van der Waals surface area contributed by atoms with Crippen LogP contribution in [-0.4, -0.2) is 36.9 Å². The fourth-order valence-corrected chi connectivity index (χ4v) is 8.59. The van der Waals surface area contributed by atoms with Crippen LogP contribution in [0.1, 0.15) is 39.0 Å². The Morgan fingerprint density at radius 2 is 1.29 bits per heavy atom. The number of hydrogen-bond donors (Lipinski definition) is 0. The van der Waals surface area contributed by atoms with Crippen molar-refractivity contribution in [1.29, 1.82) is 0 Å². The molecule has 0 radical (unpaired) electrons. The van der Waals surface area contributed by atoms with Crippen LogP contribution < -0.4 is 9.34 Å². The molecule has 0 saturated carbocycles. The van der Waals surface area contributed by atoms with E-state index in [9.17, 15) is 0 Å². The lowest BCUT2D eigenvalue weighted by atomic mass is 10.1. The molecule has 2 fully saturated rings. The molecule has 2 aliphatic heterocycles. The van der Waals surface area contributed by atoms with Crippen molar-refractivity contribution < 1.29 is 4.57 Å². The van der Waals surface area contributed by atoms with Crippen LogP contribution in [0, 0.1) is 0 Å². The summed E-state index contributed by atoms with van der Waals surface area (Å²) in [6.07, 6.45) is 5.76. The van der Waals surface area contributed by atoms with Gasteiger partial charge in [-0.1, -0.05) is 56.2 Å². The van der Waals surface area contributed by atoms with Gasteiger partial charge in [0.1, 0.15) is 5.78 Å². The molecule has 2 saturated heterocycles. The quantitative estimate of drug-likeness (QED) is 0.574. The molecule has 150 valence electrons. The molecule has 5 heteroatoms. The second-order valence-electron chi connectivity index (χ2n) is 7.87. The van der Waals surface area contributed by atoms with Gasteiger partial charge in [-0.15, -0.1) is 0 Å². The molecular weight excluding hydrogens is 365 g/mol. The summed E-state index contributed by atoms with van der Waals surface area (Å²) < 4.78 is 19.5. The number of anilines is 2. The van der Waals surface area contributed by atoms with Crippen LogP contribution in [-0.2, 0) is 4.57 Å². The summed E-state index contributed by atoms with van der Waals surface area (Å²) in [6, 6.07) is 20.7. The molecule has 0 N–H and O–H groups in total. The lowest BCUT2D eigenvalue weighted by molar-refractivity contribution is 0.198. The fourth-order valence-electron chi connectivity index (χ4n) is 4.76. The third kappa shape index (κ3) is 3.60. The van der Waals surface area contributed by atoms with E-state index in [-0.39, 0.29) is 5.78 Å². The first-order valence-electron chi connectivity index (χ1n) is 10.7. The molecule has 0 aliphatic carbocycles. The largest absolute Gasteiger partial charge is 0.304 e. The number of rotatable bonds is 6. The number of para-hydroxylation sites is 2. The lowest BCUT2D eigenvalue weighted by Crippen LogP contribution is -2.43. The number of benzene rings is 2. The minimum atomic E-state index is -2.84. The monoisotopic (exact) mass is 397 g/mol. The van der Waals surface area contributed by atoms with Gasteiger partial charge in [0.15, 0.2) is 0 Å². The summed E-state index contributed by atoms with van der Waals surface area (Å²) in [5.74, 6) is 0.0840. The Labute approximate surface area is 169 Å². The van der Waals surface area contributed by atoms with E-state index in [1.54, 1.807) is 0 Å². The van der Waals surface area contributed by atoms with Crippen molar-refractivity contribution in [2.45, 2.75) is 44.8 Å². The molecule has 4 rings (SSSR count). The molecule has 28 heavy (non-hydrogen) atoms. The van der Waals surface area contributed by atoms with Crippen molar-refractivity contribution in [3.8, 4) is 0 Å². The van der Waals surface area contributed by atoms with Gasteiger partial charge in [0.25, 0.3) is 7.44 Å². The Bertz CT molecular complexity index is 741. The van der Waals surface area contributed by atoms with Crippen LogP contribution in [0.15, 0.2) is 60.7 Å². The Kier molecular flexibility index (Phi) is 6.08. The average molecular weight is 398 g/mol. The Morgan fingerprint density at radius 1 is 0.786 bits per heavy atom. The molecule has 2 aromatic carbocycles. The minimum absolute atomic E-state index is 0.0840. The topological polar surface area (TPSA) is 26.8 Å². The van der Waals surface area contributed by atoms with E-state index in [1.807, 2.05) is 12.1 Å². The lowest BCUT2D eigenvalue weighted by Gasteiger charge is -2.44. The maximum Gasteiger partial charge on any atom is 0.279 e. The van der Waals surface area contributed by atoms with Gasteiger partial charge in [-0.05, 0) is 56.6 Å². The number of nitrogens with zero attached hydrogens (tertiary/aromatic N) is 3. The van der Waals surface area contributed by atoms with E-state index < -0.39 is 7.44 Å². The summed E-state index contributed by atoms with van der Waals surface area (Å²) in [5.41, 5.74) is 2.17. The smallest absolute Gasteiger partial charge is 0.279 e. The highest BCUT2D eigenvalue weighted by molar-refractivity contribution is 7.68. The molecule has 2 aliphatic rings. The molecule has 0 bridgehead atoms. The normalized spacial score (nSPS) is 21.0. The third-order valence-corrected chi connectivity index (χ3v) is 9.68. The zero-order valence-corrected chi connectivity index (χ0v) is 17.8. The van der Waals surface area contributed by atoms with E-state index in [0.717, 1.165) is 50.4 Å². The van der Waals surface area contributed by atoms with Crippen LogP contribution in [0.2, 0.25) is 0 Å². The SMILES string of the molecule is CCCC(N1CCCCC1)P1(=O)N(c2ccccc2)CCN1c1ccccc1. The van der Waals surface area contributed by atoms with E-state index >= 15 is 4.57 Å². The molecule has 0 aromatic heterocycles. The maximum absolute atomic E-state index is 15.1. The van der Waals surface area contributed by atoms with Gasteiger partial charge >= 0.3 is 0 Å². The molecule has 0 spiro atoms. The molecule has 0 amide bonds. The summed E-state index contributed by atoms with van der Waals surface area (Å²) in [7, 11) is -2.84. The zero-order valence-electron chi connectivity index (χ0n) is 16.9. The van der Waals surface area contributed by atoms with Crippen LogP contribution in [0.25, 0.3) is 0 Å². The first-order chi connectivity index (χ1) is 13.7. The summed E-state index contributed by atoms with van der Waals surface area (Å²) in [6.45, 7) is 5.98. The Morgan fingerprint density at radius 3 is 1.75 bits per heavy atom. The standard InChI is InChI=1S/C23H32N3OP/c1-2-12-23(24-17-10-5-11-18-24)28(27)25(21-13-6-3-7-14-21)19-20-26(28)22-15-8-4-9-16-22/h3-4,6-9,13-16,23H,2,5,10-12,17-20H2,1H3. The second kappa shape index (κ2) is 8.71. The van der Waals surface area contributed by atoms with Gasteiger partial charge in [-0.25, -0.2) is 0 Å². The van der Waals surface area contributed by atoms with Crippen molar-refractivity contribution in [1.82, 2.24) is 4.90 Å². The molecule has 2 heterocycles. The highest BCUT2D eigenvalue weighted by Gasteiger charge is 2.50. The van der Waals surface area contributed by atoms with Crippen molar-refractivity contribution >= 4 is 18.8 Å². The van der Waals surface area contributed by atoms with Crippen LogP contribution >= 0.6 is 7.44 Å². The Balaban J connectivity index is 1.79. The van der Waals surface area contributed by atoms with Crippen molar-refractivity contribution in [3.63, 3.8) is 0 Å². The van der Waals surface area contributed by atoms with Crippen molar-refractivity contribution in [2.75, 3.05) is 35.5 Å². The van der Waals surface area contributed by atoms with E-state index in [0.29, 0.717) is 0 Å². The Hall–Kier alpha value is -1.77.